The van der Waals surface area contributed by atoms with Gasteiger partial charge in [0.1, 0.15) is 0 Å². The number of rotatable bonds is 6. The molecule has 0 amide bonds. The molecule has 1 aliphatic rings. The van der Waals surface area contributed by atoms with Gasteiger partial charge < -0.3 is 15.1 Å². The van der Waals surface area contributed by atoms with Crippen LogP contribution < -0.4 is 4.90 Å². The van der Waals surface area contributed by atoms with Gasteiger partial charge in [0.15, 0.2) is 5.13 Å². The number of nitrogens with zero attached hydrogens (tertiary/aromatic N) is 3. The van der Waals surface area contributed by atoms with Gasteiger partial charge in [-0.3, -0.25) is 4.90 Å². The van der Waals surface area contributed by atoms with E-state index in [-0.39, 0.29) is 6.61 Å². The molecule has 2 heterocycles. The SMILES string of the molecule is CN(Cc1cnc(N2CCCC2)s1)CC(O)CO. The Bertz CT molecular complexity index is 366. The predicted octanol–water partition coefficient (Wildman–Crippen LogP) is 0.528. The van der Waals surface area contributed by atoms with Crippen molar-refractivity contribution in [2.75, 3.05) is 38.2 Å². The second-order valence-electron chi connectivity index (χ2n) is 4.84. The van der Waals surface area contributed by atoms with E-state index in [0.29, 0.717) is 6.54 Å². The van der Waals surface area contributed by atoms with Gasteiger partial charge in [0.05, 0.1) is 12.7 Å². The molecule has 0 aromatic carbocycles. The van der Waals surface area contributed by atoms with Gasteiger partial charge in [0, 0.05) is 37.3 Å². The van der Waals surface area contributed by atoms with E-state index in [1.54, 1.807) is 11.3 Å². The molecule has 102 valence electrons. The number of hydrogen-bond donors (Lipinski definition) is 2. The zero-order valence-corrected chi connectivity index (χ0v) is 11.6. The number of anilines is 1. The first-order chi connectivity index (χ1) is 8.69. The highest BCUT2D eigenvalue weighted by molar-refractivity contribution is 7.15. The van der Waals surface area contributed by atoms with E-state index in [4.69, 9.17) is 5.11 Å². The molecule has 1 unspecified atom stereocenters. The molecule has 1 fully saturated rings. The molecule has 2 rings (SSSR count). The molecule has 0 bridgehead atoms. The Hall–Kier alpha value is -0.690. The second kappa shape index (κ2) is 6.47. The maximum absolute atomic E-state index is 9.37. The van der Waals surface area contributed by atoms with Crippen molar-refractivity contribution in [1.82, 2.24) is 9.88 Å². The van der Waals surface area contributed by atoms with Crippen LogP contribution >= 0.6 is 11.3 Å². The highest BCUT2D eigenvalue weighted by Crippen LogP contribution is 2.26. The second-order valence-corrected chi connectivity index (χ2v) is 5.93. The molecule has 2 N–H and O–H groups in total. The van der Waals surface area contributed by atoms with Crippen molar-refractivity contribution in [1.29, 1.82) is 0 Å². The van der Waals surface area contributed by atoms with Gasteiger partial charge in [0.25, 0.3) is 0 Å². The van der Waals surface area contributed by atoms with Crippen LogP contribution in [-0.2, 0) is 6.54 Å². The first-order valence-electron chi connectivity index (χ1n) is 6.36. The molecule has 0 aliphatic carbocycles. The lowest BCUT2D eigenvalue weighted by Gasteiger charge is -2.18. The average molecular weight is 271 g/mol. The molecule has 18 heavy (non-hydrogen) atoms. The van der Waals surface area contributed by atoms with Crippen molar-refractivity contribution in [3.8, 4) is 0 Å². The molecule has 0 saturated carbocycles. The van der Waals surface area contributed by atoms with E-state index in [1.807, 2.05) is 18.1 Å². The first-order valence-corrected chi connectivity index (χ1v) is 7.18. The van der Waals surface area contributed by atoms with Crippen molar-refractivity contribution in [2.24, 2.45) is 0 Å². The van der Waals surface area contributed by atoms with Crippen LogP contribution in [0.15, 0.2) is 6.20 Å². The minimum atomic E-state index is -0.666. The Kier molecular flexibility index (Phi) is 4.94. The number of likely N-dealkylation sites (N-methyl/N-ethyl adjacent to an activating group) is 1. The molecule has 0 spiro atoms. The third-order valence-electron chi connectivity index (χ3n) is 3.08. The molecule has 0 radical (unpaired) electrons. The maximum atomic E-state index is 9.37. The Morgan fingerprint density at radius 2 is 2.22 bits per heavy atom. The highest BCUT2D eigenvalue weighted by Gasteiger charge is 2.16. The molecule has 1 aromatic rings. The van der Waals surface area contributed by atoms with Crippen LogP contribution in [0.1, 0.15) is 17.7 Å². The van der Waals surface area contributed by atoms with Crippen LogP contribution in [0.5, 0.6) is 0 Å². The summed E-state index contributed by atoms with van der Waals surface area (Å²) >= 11 is 1.72. The smallest absolute Gasteiger partial charge is 0.185 e. The molecule has 1 saturated heterocycles. The summed E-state index contributed by atoms with van der Waals surface area (Å²) in [6.07, 6.45) is 3.77. The summed E-state index contributed by atoms with van der Waals surface area (Å²) in [5, 5.41) is 19.3. The Labute approximate surface area is 112 Å². The number of aromatic nitrogens is 1. The van der Waals surface area contributed by atoms with E-state index in [2.05, 4.69) is 9.88 Å². The van der Waals surface area contributed by atoms with Gasteiger partial charge in [-0.25, -0.2) is 4.98 Å². The van der Waals surface area contributed by atoms with E-state index in [9.17, 15) is 5.11 Å². The van der Waals surface area contributed by atoms with Crippen molar-refractivity contribution < 1.29 is 10.2 Å². The van der Waals surface area contributed by atoms with Crippen molar-refractivity contribution >= 4 is 16.5 Å². The summed E-state index contributed by atoms with van der Waals surface area (Å²) in [7, 11) is 1.94. The van der Waals surface area contributed by atoms with Crippen molar-refractivity contribution in [3.05, 3.63) is 11.1 Å². The topological polar surface area (TPSA) is 59.8 Å². The first kappa shape index (κ1) is 13.7. The zero-order valence-electron chi connectivity index (χ0n) is 10.7. The van der Waals surface area contributed by atoms with Crippen LogP contribution in [0.2, 0.25) is 0 Å². The largest absolute Gasteiger partial charge is 0.394 e. The molecule has 6 heteroatoms. The predicted molar refractivity (Wildman–Crippen MR) is 73.0 cm³/mol. The number of aliphatic hydroxyl groups is 2. The van der Waals surface area contributed by atoms with Gasteiger partial charge in [-0.1, -0.05) is 0 Å². The molecular formula is C12H21N3O2S. The Morgan fingerprint density at radius 1 is 1.50 bits per heavy atom. The van der Waals surface area contributed by atoms with Crippen LogP contribution in [0.25, 0.3) is 0 Å². The summed E-state index contributed by atoms with van der Waals surface area (Å²) in [5.41, 5.74) is 0. The normalized spacial score (nSPS) is 17.7. The fourth-order valence-electron chi connectivity index (χ4n) is 2.17. The Balaban J connectivity index is 1.85. The summed E-state index contributed by atoms with van der Waals surface area (Å²) in [5.74, 6) is 0. The lowest BCUT2D eigenvalue weighted by Crippen LogP contribution is -2.30. The number of thiazole rings is 1. The van der Waals surface area contributed by atoms with Crippen LogP contribution in [0.3, 0.4) is 0 Å². The van der Waals surface area contributed by atoms with Gasteiger partial charge >= 0.3 is 0 Å². The number of aliphatic hydroxyl groups excluding tert-OH is 2. The summed E-state index contributed by atoms with van der Waals surface area (Å²) < 4.78 is 0. The van der Waals surface area contributed by atoms with Crippen LogP contribution in [0.4, 0.5) is 5.13 Å². The molecular weight excluding hydrogens is 250 g/mol. The van der Waals surface area contributed by atoms with Gasteiger partial charge in [-0.2, -0.15) is 0 Å². The lowest BCUT2D eigenvalue weighted by atomic mass is 10.3. The lowest BCUT2D eigenvalue weighted by molar-refractivity contribution is 0.0650. The van der Waals surface area contributed by atoms with E-state index >= 15 is 0 Å². The van der Waals surface area contributed by atoms with E-state index < -0.39 is 6.10 Å². The fraction of sp³-hybridized carbons (Fsp3) is 0.750. The van der Waals surface area contributed by atoms with Gasteiger partial charge in [-0.15, -0.1) is 11.3 Å². The Morgan fingerprint density at radius 3 is 2.89 bits per heavy atom. The molecule has 5 nitrogen and oxygen atoms in total. The quantitative estimate of drug-likeness (QED) is 0.790. The molecule has 1 atom stereocenters. The van der Waals surface area contributed by atoms with Crippen molar-refractivity contribution in [3.63, 3.8) is 0 Å². The highest BCUT2D eigenvalue weighted by atomic mass is 32.1. The minimum absolute atomic E-state index is 0.188. The average Bonchev–Trinajstić information content (AvgIpc) is 2.98. The van der Waals surface area contributed by atoms with Gasteiger partial charge in [-0.05, 0) is 19.9 Å². The summed E-state index contributed by atoms with van der Waals surface area (Å²) in [6.45, 7) is 3.29. The number of hydrogen-bond acceptors (Lipinski definition) is 6. The standard InChI is InChI=1S/C12H21N3O2S/c1-14(7-10(17)9-16)8-11-6-13-12(18-11)15-4-2-3-5-15/h6,10,16-17H,2-5,7-9H2,1H3. The van der Waals surface area contributed by atoms with E-state index in [1.165, 1.54) is 17.7 Å². The summed E-state index contributed by atoms with van der Waals surface area (Å²) in [6, 6.07) is 0. The van der Waals surface area contributed by atoms with Gasteiger partial charge in [0.2, 0.25) is 0 Å². The van der Waals surface area contributed by atoms with Crippen LogP contribution in [0, 0.1) is 0 Å². The molecule has 1 aromatic heterocycles. The minimum Gasteiger partial charge on any atom is -0.394 e. The third kappa shape index (κ3) is 3.65. The molecule has 1 aliphatic heterocycles. The monoisotopic (exact) mass is 271 g/mol. The third-order valence-corrected chi connectivity index (χ3v) is 4.12. The van der Waals surface area contributed by atoms with Crippen LogP contribution in [-0.4, -0.2) is 59.5 Å². The van der Waals surface area contributed by atoms with E-state index in [0.717, 1.165) is 24.8 Å². The summed E-state index contributed by atoms with van der Waals surface area (Å²) in [4.78, 5) is 9.99. The fourth-order valence-corrected chi connectivity index (χ4v) is 3.21. The van der Waals surface area contributed by atoms with Crippen molar-refractivity contribution in [2.45, 2.75) is 25.5 Å². The maximum Gasteiger partial charge on any atom is 0.185 e. The zero-order chi connectivity index (χ0) is 13.0.